The molecule has 124 valence electrons. The van der Waals surface area contributed by atoms with Crippen molar-refractivity contribution < 1.29 is 18.7 Å². The number of halogens is 1. The van der Waals surface area contributed by atoms with E-state index < -0.39 is 6.03 Å². The maximum absolute atomic E-state index is 13.0. The van der Waals surface area contributed by atoms with Gasteiger partial charge in [0, 0.05) is 19.6 Å². The van der Waals surface area contributed by atoms with Crippen LogP contribution in [0.3, 0.4) is 0 Å². The van der Waals surface area contributed by atoms with Crippen LogP contribution < -0.4 is 10.6 Å². The van der Waals surface area contributed by atoms with Crippen molar-refractivity contribution in [3.63, 3.8) is 0 Å². The molecular formula is C16H20FN3O3. The smallest absolute Gasteiger partial charge is 0.321 e. The normalized spacial score (nSPS) is 18.2. The minimum Gasteiger partial charge on any atom is -0.371 e. The lowest BCUT2D eigenvalue weighted by Crippen LogP contribution is -2.47. The lowest BCUT2D eigenvalue weighted by atomic mass is 10.1. The molecule has 1 aliphatic rings. The van der Waals surface area contributed by atoms with Gasteiger partial charge in [0.25, 0.3) is 0 Å². The molecule has 1 aromatic carbocycles. The van der Waals surface area contributed by atoms with E-state index in [-0.39, 0.29) is 24.4 Å². The highest BCUT2D eigenvalue weighted by Crippen LogP contribution is 2.22. The average Bonchev–Trinajstić information content (AvgIpc) is 2.53. The largest absolute Gasteiger partial charge is 0.371 e. The minimum atomic E-state index is -0.543. The van der Waals surface area contributed by atoms with Crippen LogP contribution in [-0.4, -0.2) is 49.6 Å². The Morgan fingerprint density at radius 2 is 2.13 bits per heavy atom. The number of benzene rings is 1. The highest BCUT2D eigenvalue weighted by atomic mass is 19.1. The summed E-state index contributed by atoms with van der Waals surface area (Å²) in [6.45, 7) is 5.44. The van der Waals surface area contributed by atoms with E-state index in [0.717, 1.165) is 5.56 Å². The third-order valence-electron chi connectivity index (χ3n) is 3.42. The van der Waals surface area contributed by atoms with Crippen molar-refractivity contribution in [1.82, 2.24) is 15.5 Å². The lowest BCUT2D eigenvalue weighted by Gasteiger charge is -2.32. The van der Waals surface area contributed by atoms with Gasteiger partial charge in [0.05, 0.1) is 19.3 Å². The molecule has 0 spiro atoms. The van der Waals surface area contributed by atoms with E-state index >= 15 is 0 Å². The molecule has 1 aromatic rings. The standard InChI is InChI=1S/C16H20FN3O3/c1-2-7-18-16(22)19-15(21)11-20-8-9-23-14(10-20)12-3-5-13(17)6-4-12/h2-6,14H,1,7-11H2,(H2,18,19,21,22). The van der Waals surface area contributed by atoms with Crippen molar-refractivity contribution in [3.8, 4) is 0 Å². The number of morpholine rings is 1. The first-order valence-corrected chi connectivity index (χ1v) is 7.36. The van der Waals surface area contributed by atoms with Crippen LogP contribution in [0.15, 0.2) is 36.9 Å². The van der Waals surface area contributed by atoms with Crippen LogP contribution in [0.2, 0.25) is 0 Å². The Labute approximate surface area is 134 Å². The van der Waals surface area contributed by atoms with Gasteiger partial charge < -0.3 is 10.1 Å². The third-order valence-corrected chi connectivity index (χ3v) is 3.42. The van der Waals surface area contributed by atoms with Crippen molar-refractivity contribution in [3.05, 3.63) is 48.3 Å². The van der Waals surface area contributed by atoms with E-state index in [1.807, 2.05) is 4.90 Å². The monoisotopic (exact) mass is 321 g/mol. The molecule has 2 N–H and O–H groups in total. The van der Waals surface area contributed by atoms with Gasteiger partial charge in [-0.3, -0.25) is 15.0 Å². The van der Waals surface area contributed by atoms with E-state index in [1.54, 1.807) is 12.1 Å². The van der Waals surface area contributed by atoms with Crippen LogP contribution >= 0.6 is 0 Å². The predicted molar refractivity (Wildman–Crippen MR) is 83.3 cm³/mol. The molecule has 0 radical (unpaired) electrons. The molecule has 0 aromatic heterocycles. The van der Waals surface area contributed by atoms with Gasteiger partial charge in [-0.05, 0) is 17.7 Å². The van der Waals surface area contributed by atoms with Crippen LogP contribution in [0.25, 0.3) is 0 Å². The van der Waals surface area contributed by atoms with Gasteiger partial charge in [-0.25, -0.2) is 9.18 Å². The Morgan fingerprint density at radius 3 is 2.83 bits per heavy atom. The summed E-state index contributed by atoms with van der Waals surface area (Å²) in [5, 5.41) is 4.73. The van der Waals surface area contributed by atoms with E-state index in [1.165, 1.54) is 18.2 Å². The van der Waals surface area contributed by atoms with E-state index in [0.29, 0.717) is 26.2 Å². The summed E-state index contributed by atoms with van der Waals surface area (Å²) < 4.78 is 18.6. The first-order chi connectivity index (χ1) is 11.1. The number of rotatable bonds is 5. The fraction of sp³-hybridized carbons (Fsp3) is 0.375. The van der Waals surface area contributed by atoms with Crippen LogP contribution in [0.5, 0.6) is 0 Å². The summed E-state index contributed by atoms with van der Waals surface area (Å²) >= 11 is 0. The quantitative estimate of drug-likeness (QED) is 0.800. The predicted octanol–water partition coefficient (Wildman–Crippen LogP) is 1.21. The average molecular weight is 321 g/mol. The zero-order valence-electron chi connectivity index (χ0n) is 12.8. The number of carbonyl (C=O) groups excluding carboxylic acids is 2. The molecule has 1 heterocycles. The van der Waals surface area contributed by atoms with Crippen molar-refractivity contribution in [2.24, 2.45) is 0 Å². The van der Waals surface area contributed by atoms with Crippen LogP contribution in [0.1, 0.15) is 11.7 Å². The van der Waals surface area contributed by atoms with Gasteiger partial charge in [-0.1, -0.05) is 18.2 Å². The lowest BCUT2D eigenvalue weighted by molar-refractivity contribution is -0.123. The summed E-state index contributed by atoms with van der Waals surface area (Å²) in [5.41, 5.74) is 0.861. The number of imide groups is 1. The third kappa shape index (κ3) is 5.46. The molecule has 1 aliphatic heterocycles. The zero-order chi connectivity index (χ0) is 16.7. The molecule has 23 heavy (non-hydrogen) atoms. The van der Waals surface area contributed by atoms with E-state index in [2.05, 4.69) is 17.2 Å². The number of nitrogens with one attached hydrogen (secondary N) is 2. The fourth-order valence-electron chi connectivity index (χ4n) is 2.30. The summed E-state index contributed by atoms with van der Waals surface area (Å²) in [7, 11) is 0. The van der Waals surface area contributed by atoms with Gasteiger partial charge in [0.1, 0.15) is 5.82 Å². The second kappa shape index (κ2) is 8.40. The Hall–Kier alpha value is -2.25. The molecule has 1 unspecified atom stereocenters. The number of amides is 3. The SMILES string of the molecule is C=CCNC(=O)NC(=O)CN1CCOC(c2ccc(F)cc2)C1. The van der Waals surface area contributed by atoms with Gasteiger partial charge in [0.15, 0.2) is 0 Å². The topological polar surface area (TPSA) is 70.7 Å². The van der Waals surface area contributed by atoms with Crippen LogP contribution in [0, 0.1) is 5.82 Å². The Morgan fingerprint density at radius 1 is 1.39 bits per heavy atom. The van der Waals surface area contributed by atoms with Crippen molar-refractivity contribution in [2.75, 3.05) is 32.8 Å². The fourth-order valence-corrected chi connectivity index (χ4v) is 2.30. The molecule has 7 heteroatoms. The molecule has 1 fully saturated rings. The molecule has 3 amide bonds. The second-order valence-electron chi connectivity index (χ2n) is 5.19. The minimum absolute atomic E-state index is 0.0998. The number of ether oxygens (including phenoxy) is 1. The highest BCUT2D eigenvalue weighted by Gasteiger charge is 2.23. The number of carbonyl (C=O) groups is 2. The Kier molecular flexibility index (Phi) is 6.25. The first kappa shape index (κ1) is 17.1. The van der Waals surface area contributed by atoms with Gasteiger partial charge in [0.2, 0.25) is 5.91 Å². The summed E-state index contributed by atoms with van der Waals surface area (Å²) in [6, 6.07) is 5.57. The van der Waals surface area contributed by atoms with Crippen molar-refractivity contribution >= 4 is 11.9 Å². The molecule has 0 saturated carbocycles. The number of hydrogen-bond acceptors (Lipinski definition) is 4. The molecule has 2 rings (SSSR count). The maximum Gasteiger partial charge on any atom is 0.321 e. The van der Waals surface area contributed by atoms with E-state index in [9.17, 15) is 14.0 Å². The molecule has 0 aliphatic carbocycles. The zero-order valence-corrected chi connectivity index (χ0v) is 12.8. The van der Waals surface area contributed by atoms with E-state index in [4.69, 9.17) is 4.74 Å². The molecule has 1 atom stereocenters. The van der Waals surface area contributed by atoms with Crippen LogP contribution in [0.4, 0.5) is 9.18 Å². The van der Waals surface area contributed by atoms with Crippen molar-refractivity contribution in [2.45, 2.75) is 6.10 Å². The highest BCUT2D eigenvalue weighted by molar-refractivity contribution is 5.95. The van der Waals surface area contributed by atoms with Gasteiger partial charge in [-0.15, -0.1) is 6.58 Å². The second-order valence-corrected chi connectivity index (χ2v) is 5.19. The molecule has 6 nitrogen and oxygen atoms in total. The summed E-state index contributed by atoms with van der Waals surface area (Å²) in [6.07, 6.45) is 1.31. The Bertz CT molecular complexity index is 562. The van der Waals surface area contributed by atoms with Gasteiger partial charge in [-0.2, -0.15) is 0 Å². The molecule has 0 bridgehead atoms. The van der Waals surface area contributed by atoms with Gasteiger partial charge >= 0.3 is 6.03 Å². The molecular weight excluding hydrogens is 301 g/mol. The molecule has 1 saturated heterocycles. The number of urea groups is 1. The maximum atomic E-state index is 13.0. The first-order valence-electron chi connectivity index (χ1n) is 7.36. The van der Waals surface area contributed by atoms with Crippen LogP contribution in [-0.2, 0) is 9.53 Å². The number of nitrogens with zero attached hydrogens (tertiary/aromatic N) is 1. The Balaban J connectivity index is 1.83. The van der Waals surface area contributed by atoms with Crippen molar-refractivity contribution in [1.29, 1.82) is 0 Å². The number of hydrogen-bond donors (Lipinski definition) is 2. The summed E-state index contributed by atoms with van der Waals surface area (Å²) in [4.78, 5) is 25.1. The summed E-state index contributed by atoms with van der Waals surface area (Å²) in [5.74, 6) is -0.683.